The Morgan fingerprint density at radius 1 is 1.20 bits per heavy atom. The van der Waals surface area contributed by atoms with Crippen molar-refractivity contribution in [2.24, 2.45) is 0 Å². The summed E-state index contributed by atoms with van der Waals surface area (Å²) in [6.07, 6.45) is 2.07. The third kappa shape index (κ3) is 2.63. The first-order chi connectivity index (χ1) is 7.29. The maximum Gasteiger partial charge on any atom is 0.129 e. The molecule has 1 fully saturated rings. The lowest BCUT2D eigenvalue weighted by atomic mass is 10.3. The molecule has 0 N–H and O–H groups in total. The maximum absolute atomic E-state index is 4.61. The zero-order valence-electron chi connectivity index (χ0n) is 9.31. The van der Waals surface area contributed by atoms with Gasteiger partial charge in [-0.25, -0.2) is 4.98 Å². The number of piperazine rings is 1. The number of aromatic nitrogens is 1. The normalized spacial score (nSPS) is 18.1. The van der Waals surface area contributed by atoms with E-state index in [1.807, 2.05) is 0 Å². The molecule has 3 nitrogen and oxygen atoms in total. The summed E-state index contributed by atoms with van der Waals surface area (Å²) in [4.78, 5) is 9.33. The van der Waals surface area contributed by atoms with Crippen molar-refractivity contribution in [1.82, 2.24) is 9.88 Å². The third-order valence-corrected chi connectivity index (χ3v) is 3.39. The molecule has 4 heteroatoms. The van der Waals surface area contributed by atoms with Crippen molar-refractivity contribution >= 4 is 17.6 Å². The third-order valence-electron chi connectivity index (χ3n) is 2.75. The summed E-state index contributed by atoms with van der Waals surface area (Å²) in [6.45, 7) is 4.43. The van der Waals surface area contributed by atoms with Gasteiger partial charge in [-0.2, -0.15) is 0 Å². The first-order valence-corrected chi connectivity index (χ1v) is 6.46. The van der Waals surface area contributed by atoms with Gasteiger partial charge < -0.3 is 9.80 Å². The van der Waals surface area contributed by atoms with Crippen LogP contribution in [0.25, 0.3) is 0 Å². The molecule has 0 atom stereocenters. The van der Waals surface area contributed by atoms with E-state index in [0.717, 1.165) is 37.0 Å². The van der Waals surface area contributed by atoms with E-state index < -0.39 is 0 Å². The first-order valence-electron chi connectivity index (χ1n) is 5.24. The summed E-state index contributed by atoms with van der Waals surface area (Å²) in [6, 6.07) is 6.25. The lowest BCUT2D eigenvalue weighted by Gasteiger charge is -2.33. The number of likely N-dealkylation sites (N-methyl/N-ethyl adjacent to an activating group) is 1. The van der Waals surface area contributed by atoms with E-state index in [-0.39, 0.29) is 0 Å². The number of nitrogens with zero attached hydrogens (tertiary/aromatic N) is 3. The van der Waals surface area contributed by atoms with Crippen LogP contribution in [0.15, 0.2) is 23.2 Å². The fraction of sp³-hybridized carbons (Fsp3) is 0.545. The van der Waals surface area contributed by atoms with Gasteiger partial charge in [-0.3, -0.25) is 0 Å². The average Bonchev–Trinajstić information content (AvgIpc) is 2.30. The number of thioether (sulfide) groups is 1. The van der Waals surface area contributed by atoms with E-state index >= 15 is 0 Å². The second-order valence-corrected chi connectivity index (χ2v) is 4.65. The number of hydrogen-bond donors (Lipinski definition) is 0. The Morgan fingerprint density at radius 2 is 1.93 bits per heavy atom. The highest BCUT2D eigenvalue weighted by molar-refractivity contribution is 7.98. The van der Waals surface area contributed by atoms with Gasteiger partial charge in [0.25, 0.3) is 0 Å². The minimum atomic E-state index is 1.08. The fourth-order valence-corrected chi connectivity index (χ4v) is 2.13. The summed E-state index contributed by atoms with van der Waals surface area (Å²) in [7, 11) is 2.17. The average molecular weight is 223 g/mol. The number of hydrogen-bond acceptors (Lipinski definition) is 4. The molecular weight excluding hydrogens is 206 g/mol. The second kappa shape index (κ2) is 4.86. The molecule has 0 amide bonds. The van der Waals surface area contributed by atoms with Crippen LogP contribution in [0.3, 0.4) is 0 Å². The number of pyridine rings is 1. The van der Waals surface area contributed by atoms with E-state index in [1.165, 1.54) is 0 Å². The van der Waals surface area contributed by atoms with E-state index in [2.05, 4.69) is 46.3 Å². The van der Waals surface area contributed by atoms with Gasteiger partial charge in [0.15, 0.2) is 0 Å². The predicted molar refractivity (Wildman–Crippen MR) is 65.7 cm³/mol. The van der Waals surface area contributed by atoms with Gasteiger partial charge in [0.05, 0.1) is 5.03 Å². The van der Waals surface area contributed by atoms with Gasteiger partial charge in [0.1, 0.15) is 5.82 Å². The van der Waals surface area contributed by atoms with Crippen LogP contribution >= 0.6 is 11.8 Å². The Balaban J connectivity index is 2.08. The summed E-state index contributed by atoms with van der Waals surface area (Å²) in [5.41, 5.74) is 0. The molecule has 2 heterocycles. The van der Waals surface area contributed by atoms with Crippen molar-refractivity contribution in [3.05, 3.63) is 18.2 Å². The highest BCUT2D eigenvalue weighted by Crippen LogP contribution is 2.18. The smallest absolute Gasteiger partial charge is 0.129 e. The van der Waals surface area contributed by atoms with Crippen molar-refractivity contribution in [1.29, 1.82) is 0 Å². The van der Waals surface area contributed by atoms with Crippen molar-refractivity contribution in [2.75, 3.05) is 44.4 Å². The van der Waals surface area contributed by atoms with E-state index in [9.17, 15) is 0 Å². The minimum absolute atomic E-state index is 1.08. The molecule has 15 heavy (non-hydrogen) atoms. The quantitative estimate of drug-likeness (QED) is 0.708. The molecule has 0 aromatic carbocycles. The van der Waals surface area contributed by atoms with Crippen molar-refractivity contribution < 1.29 is 0 Å². The minimum Gasteiger partial charge on any atom is -0.354 e. The largest absolute Gasteiger partial charge is 0.354 e. The summed E-state index contributed by atoms with van der Waals surface area (Å²) >= 11 is 1.70. The number of rotatable bonds is 2. The zero-order valence-corrected chi connectivity index (χ0v) is 10.1. The molecule has 0 aliphatic carbocycles. The zero-order chi connectivity index (χ0) is 10.7. The molecule has 1 saturated heterocycles. The first kappa shape index (κ1) is 10.8. The van der Waals surface area contributed by atoms with Crippen LogP contribution in [0.1, 0.15) is 0 Å². The molecule has 82 valence electrons. The molecule has 0 spiro atoms. The standard InChI is InChI=1S/C11H17N3S/c1-13-6-8-14(9-7-13)10-4-3-5-11(12-10)15-2/h3-5H,6-9H2,1-2H3. The SMILES string of the molecule is CSc1cccc(N2CCN(C)CC2)n1. The fourth-order valence-electron chi connectivity index (χ4n) is 1.73. The summed E-state index contributed by atoms with van der Waals surface area (Å²) in [5, 5.41) is 1.10. The van der Waals surface area contributed by atoms with Crippen LogP contribution in [0.4, 0.5) is 5.82 Å². The van der Waals surface area contributed by atoms with Crippen LogP contribution in [0, 0.1) is 0 Å². The Hall–Kier alpha value is -0.740. The van der Waals surface area contributed by atoms with Gasteiger partial charge in [0.2, 0.25) is 0 Å². The van der Waals surface area contributed by atoms with Crippen LogP contribution in [-0.2, 0) is 0 Å². The molecule has 1 aromatic rings. The van der Waals surface area contributed by atoms with Gasteiger partial charge >= 0.3 is 0 Å². The van der Waals surface area contributed by atoms with Crippen LogP contribution in [-0.4, -0.2) is 49.4 Å². The van der Waals surface area contributed by atoms with Gasteiger partial charge in [-0.05, 0) is 25.4 Å². The molecule has 0 unspecified atom stereocenters. The van der Waals surface area contributed by atoms with Gasteiger partial charge in [0, 0.05) is 26.2 Å². The second-order valence-electron chi connectivity index (χ2n) is 3.83. The Bertz CT molecular complexity index is 321. The lowest BCUT2D eigenvalue weighted by Crippen LogP contribution is -2.44. The van der Waals surface area contributed by atoms with Crippen molar-refractivity contribution in [2.45, 2.75) is 5.03 Å². The highest BCUT2D eigenvalue weighted by atomic mass is 32.2. The molecule has 1 aromatic heterocycles. The Labute approximate surface area is 95.5 Å². The van der Waals surface area contributed by atoms with Crippen molar-refractivity contribution in [3.8, 4) is 0 Å². The van der Waals surface area contributed by atoms with Gasteiger partial charge in [-0.1, -0.05) is 6.07 Å². The monoisotopic (exact) mass is 223 g/mol. The maximum atomic E-state index is 4.61. The van der Waals surface area contributed by atoms with Gasteiger partial charge in [-0.15, -0.1) is 11.8 Å². The Kier molecular flexibility index (Phi) is 3.49. The molecule has 0 saturated carbocycles. The molecule has 1 aliphatic heterocycles. The molecule has 1 aliphatic rings. The van der Waals surface area contributed by atoms with Crippen molar-refractivity contribution in [3.63, 3.8) is 0 Å². The molecule has 0 bridgehead atoms. The highest BCUT2D eigenvalue weighted by Gasteiger charge is 2.14. The summed E-state index contributed by atoms with van der Waals surface area (Å²) < 4.78 is 0. The predicted octanol–water partition coefficient (Wildman–Crippen LogP) is 1.56. The van der Waals surface area contributed by atoms with Crippen LogP contribution in [0.5, 0.6) is 0 Å². The molecule has 2 rings (SSSR count). The van der Waals surface area contributed by atoms with Crippen LogP contribution in [0.2, 0.25) is 0 Å². The Morgan fingerprint density at radius 3 is 2.60 bits per heavy atom. The molecular formula is C11H17N3S. The lowest BCUT2D eigenvalue weighted by molar-refractivity contribution is 0.312. The van der Waals surface area contributed by atoms with E-state index in [1.54, 1.807) is 11.8 Å². The summed E-state index contributed by atoms with van der Waals surface area (Å²) in [5.74, 6) is 1.12. The van der Waals surface area contributed by atoms with E-state index in [0.29, 0.717) is 0 Å². The molecule has 0 radical (unpaired) electrons. The van der Waals surface area contributed by atoms with E-state index in [4.69, 9.17) is 0 Å². The van der Waals surface area contributed by atoms with Crippen LogP contribution < -0.4 is 4.90 Å². The topological polar surface area (TPSA) is 19.4 Å². The number of anilines is 1.